The van der Waals surface area contributed by atoms with Crippen molar-refractivity contribution in [1.82, 2.24) is 0 Å². The highest BCUT2D eigenvalue weighted by atomic mass is 19.4. The van der Waals surface area contributed by atoms with E-state index in [1.165, 1.54) is 6.92 Å². The predicted octanol–water partition coefficient (Wildman–Crippen LogP) is 3.77. The summed E-state index contributed by atoms with van der Waals surface area (Å²) in [4.78, 5) is 0. The van der Waals surface area contributed by atoms with E-state index in [0.717, 1.165) is 0 Å². The highest BCUT2D eigenvalue weighted by Gasteiger charge is 2.26. The molecule has 0 aliphatic rings. The van der Waals surface area contributed by atoms with Gasteiger partial charge in [-0.15, -0.1) is 0 Å². The van der Waals surface area contributed by atoms with E-state index in [1.807, 2.05) is 0 Å². The molecule has 0 saturated carbocycles. The summed E-state index contributed by atoms with van der Waals surface area (Å²) in [5.41, 5.74) is 0. The van der Waals surface area contributed by atoms with Crippen LogP contribution in [0.3, 0.4) is 0 Å². The monoisotopic (exact) mass is 182 g/mol. The van der Waals surface area contributed by atoms with Crippen molar-refractivity contribution in [2.45, 2.75) is 28.0 Å². The topological polar surface area (TPSA) is 0 Å². The van der Waals surface area contributed by atoms with Crippen molar-refractivity contribution in [3.05, 3.63) is 0 Å². The van der Waals surface area contributed by atoms with Crippen LogP contribution in [-0.4, -0.2) is 19.5 Å². The maximum Gasteiger partial charge on any atom is 0.416 e. The minimum atomic E-state index is -4.62. The van der Waals surface area contributed by atoms with E-state index in [2.05, 4.69) is 0 Å². The van der Waals surface area contributed by atoms with Crippen molar-refractivity contribution in [2.24, 2.45) is 0 Å². The molecule has 0 fully saturated rings. The third kappa shape index (κ3) is 80.4. The van der Waals surface area contributed by atoms with Gasteiger partial charge in [0.2, 0.25) is 0 Å². The van der Waals surface area contributed by atoms with Gasteiger partial charge in [-0.05, 0) is 6.92 Å². The maximum absolute atomic E-state index is 10.4. The zero-order chi connectivity index (χ0) is 7.91. The zero-order valence-electron chi connectivity index (χ0n) is 4.80. The van der Waals surface area contributed by atoms with Gasteiger partial charge in [0.05, 0.1) is 6.67 Å². The first kappa shape index (κ1) is 22.4. The molecule has 0 aliphatic carbocycles. The fraction of sp³-hybridized carbons (Fsp3) is 1.00. The minimum absolute atomic E-state index is 0. The average molecular weight is 182 g/mol. The Kier molecular flexibility index (Phi) is 25.2. The molecule has 0 aromatic carbocycles. The van der Waals surface area contributed by atoms with E-state index in [4.69, 9.17) is 0 Å². The van der Waals surface area contributed by atoms with Gasteiger partial charge >= 0.3 is 6.18 Å². The van der Waals surface area contributed by atoms with E-state index in [-0.39, 0.29) is 21.5 Å². The number of hydrogen-bond donors (Lipinski definition) is 0. The molecule has 0 heterocycles. The summed E-state index contributed by atoms with van der Waals surface area (Å²) in [6, 6.07) is 0. The van der Waals surface area contributed by atoms with E-state index < -0.39 is 12.9 Å². The molecule has 0 N–H and O–H groups in total. The molecule has 0 saturated heterocycles. The summed E-state index contributed by atoms with van der Waals surface area (Å²) in [5, 5.41) is 0. The Labute approximate surface area is 64.4 Å². The smallest absolute Gasteiger partial charge is 0.251 e. The Morgan fingerprint density at radius 2 is 1.09 bits per heavy atom. The first-order valence-corrected chi connectivity index (χ1v) is 2.16. The lowest BCUT2D eigenvalue weighted by molar-refractivity contribution is -0.142. The zero-order valence-corrected chi connectivity index (χ0v) is 4.80. The van der Waals surface area contributed by atoms with Crippen molar-refractivity contribution in [3.63, 3.8) is 0 Å². The summed E-state index contributed by atoms with van der Waals surface area (Å²) >= 11 is 0. The molecule has 0 radical (unpaired) electrons. The van der Waals surface area contributed by atoms with Gasteiger partial charge in [0.15, 0.2) is 6.67 Å². The van der Waals surface area contributed by atoms with Crippen LogP contribution in [0.4, 0.5) is 22.0 Å². The van der Waals surface area contributed by atoms with Gasteiger partial charge in [-0.2, -0.15) is 13.2 Å². The molecule has 0 bridgehead atoms. The number of halogens is 5. The molecule has 0 aromatic heterocycles. The summed E-state index contributed by atoms with van der Waals surface area (Å²) in [6.07, 6.45) is -4.62. The molecule has 0 atom stereocenters. The first-order valence-electron chi connectivity index (χ1n) is 2.16. The lowest BCUT2D eigenvalue weighted by atomic mass is 10.8. The normalized spacial score (nSPS) is 8.18. The summed E-state index contributed by atoms with van der Waals surface area (Å²) in [6.45, 7) is -1.02. The Morgan fingerprint density at radius 3 is 1.09 bits per heavy atom. The lowest BCUT2D eigenvalue weighted by Gasteiger charge is -1.93. The van der Waals surface area contributed by atoms with E-state index in [1.54, 1.807) is 0 Å². The maximum atomic E-state index is 10.4. The molecule has 11 heavy (non-hydrogen) atoms. The Balaban J connectivity index is -0.0000000437. The molecule has 5 heteroatoms. The van der Waals surface area contributed by atoms with Gasteiger partial charge in [-0.1, -0.05) is 14.9 Å². The summed E-state index contributed by atoms with van der Waals surface area (Å²) < 4.78 is 51.9. The predicted molar refractivity (Wildman–Crippen MR) is 37.1 cm³/mol. The van der Waals surface area contributed by atoms with Crippen molar-refractivity contribution in [2.75, 3.05) is 13.3 Å². The molecule has 74 valence electrons. The quantitative estimate of drug-likeness (QED) is 0.500. The average Bonchev–Trinajstić information content (AvgIpc) is 1.67. The molecule has 0 rings (SSSR count). The van der Waals surface area contributed by atoms with Gasteiger partial charge in [-0.3, -0.25) is 4.39 Å². The molecule has 0 amide bonds. The summed E-state index contributed by atoms with van der Waals surface area (Å²) in [7, 11) is 0. The van der Waals surface area contributed by atoms with Crippen molar-refractivity contribution < 1.29 is 22.0 Å². The Hall–Kier alpha value is -0.350. The molecule has 0 aliphatic heterocycles. The van der Waals surface area contributed by atoms with Crippen LogP contribution in [0.15, 0.2) is 0 Å². The SMILES string of the molecule is C.C.CCF.FCC(F)(F)F. The van der Waals surface area contributed by atoms with Crippen LogP contribution in [0.2, 0.25) is 0 Å². The highest BCUT2D eigenvalue weighted by molar-refractivity contribution is 4.39. The standard InChI is InChI=1S/C2H2F4.C2H5F.2CH4/c3-1-2(4,5)6;1-2-3;;/h1H2;2H2,1H3;2*1H4. The second-order valence-corrected chi connectivity index (χ2v) is 1.02. The summed E-state index contributed by atoms with van der Waals surface area (Å²) in [5.74, 6) is 0. The van der Waals surface area contributed by atoms with Gasteiger partial charge in [0, 0.05) is 0 Å². The minimum Gasteiger partial charge on any atom is -0.251 e. The van der Waals surface area contributed by atoms with Gasteiger partial charge in [-0.25, -0.2) is 4.39 Å². The highest BCUT2D eigenvalue weighted by Crippen LogP contribution is 2.13. The van der Waals surface area contributed by atoms with Crippen LogP contribution >= 0.6 is 0 Å². The van der Waals surface area contributed by atoms with Crippen LogP contribution in [0.1, 0.15) is 21.8 Å². The van der Waals surface area contributed by atoms with Crippen LogP contribution in [0, 0.1) is 0 Å². The van der Waals surface area contributed by atoms with Crippen molar-refractivity contribution in [3.8, 4) is 0 Å². The molecular weight excluding hydrogens is 167 g/mol. The van der Waals surface area contributed by atoms with E-state index >= 15 is 0 Å². The van der Waals surface area contributed by atoms with Gasteiger partial charge < -0.3 is 0 Å². The van der Waals surface area contributed by atoms with Crippen LogP contribution in [0.5, 0.6) is 0 Å². The molecule has 0 nitrogen and oxygen atoms in total. The van der Waals surface area contributed by atoms with Crippen molar-refractivity contribution in [1.29, 1.82) is 0 Å². The van der Waals surface area contributed by atoms with Crippen LogP contribution in [0.25, 0.3) is 0 Å². The molecule has 0 spiro atoms. The van der Waals surface area contributed by atoms with Gasteiger partial charge in [0.25, 0.3) is 0 Å². The van der Waals surface area contributed by atoms with E-state index in [0.29, 0.717) is 0 Å². The Bertz CT molecular complexity index is 49.4. The largest absolute Gasteiger partial charge is 0.416 e. The molecule has 0 unspecified atom stereocenters. The number of alkyl halides is 5. The molecule has 0 aromatic rings. The van der Waals surface area contributed by atoms with Crippen LogP contribution < -0.4 is 0 Å². The third-order valence-corrected chi connectivity index (χ3v) is 0.152. The second-order valence-electron chi connectivity index (χ2n) is 1.02. The van der Waals surface area contributed by atoms with E-state index in [9.17, 15) is 22.0 Å². The number of rotatable bonds is 0. The van der Waals surface area contributed by atoms with Gasteiger partial charge in [0.1, 0.15) is 0 Å². The fourth-order valence-corrected chi connectivity index (χ4v) is 0. The Morgan fingerprint density at radius 1 is 1.00 bits per heavy atom. The molecular formula is C6H15F5. The first-order chi connectivity index (χ1) is 3.97. The van der Waals surface area contributed by atoms with Crippen molar-refractivity contribution >= 4 is 0 Å². The fourth-order valence-electron chi connectivity index (χ4n) is 0. The third-order valence-electron chi connectivity index (χ3n) is 0.152. The number of hydrogen-bond acceptors (Lipinski definition) is 0. The second kappa shape index (κ2) is 12.3. The van der Waals surface area contributed by atoms with Crippen LogP contribution in [-0.2, 0) is 0 Å². The lowest BCUT2D eigenvalue weighted by Crippen LogP contribution is -2.08.